The molecule has 5 nitrogen and oxygen atoms in total. The maximum atomic E-state index is 11.2. The molecule has 2 aliphatic rings. The van der Waals surface area contributed by atoms with E-state index in [1.54, 1.807) is 10.8 Å². The van der Waals surface area contributed by atoms with Crippen molar-refractivity contribution in [1.82, 2.24) is 9.55 Å². The third-order valence-corrected chi connectivity index (χ3v) is 3.83. The van der Waals surface area contributed by atoms with Gasteiger partial charge in [0.15, 0.2) is 0 Å². The molecular weight excluding hydrogens is 244 g/mol. The minimum absolute atomic E-state index is 0.153. The molecule has 0 saturated carbocycles. The predicted octanol–water partition coefficient (Wildman–Crippen LogP) is 1.17. The van der Waals surface area contributed by atoms with Gasteiger partial charge in [-0.05, 0) is 6.42 Å². The van der Waals surface area contributed by atoms with Gasteiger partial charge < -0.3 is 9.47 Å². The first-order valence-corrected chi connectivity index (χ1v) is 6.13. The number of nitrogens with zero attached hydrogens (tertiary/aromatic N) is 2. The smallest absolute Gasteiger partial charge is 0.301 e. The highest BCUT2D eigenvalue weighted by Crippen LogP contribution is 2.44. The zero-order valence-electron chi connectivity index (χ0n) is 9.43. The summed E-state index contributed by atoms with van der Waals surface area (Å²) < 4.78 is 13.3. The van der Waals surface area contributed by atoms with Gasteiger partial charge in [-0.3, -0.25) is 9.36 Å². The summed E-state index contributed by atoms with van der Waals surface area (Å²) in [6.45, 7) is 2.44. The van der Waals surface area contributed by atoms with E-state index < -0.39 is 5.60 Å². The monoisotopic (exact) mass is 256 g/mol. The van der Waals surface area contributed by atoms with Gasteiger partial charge in [0.25, 0.3) is 5.56 Å². The molecule has 92 valence electrons. The topological polar surface area (TPSA) is 53.3 Å². The largest absolute Gasteiger partial charge is 0.461 e. The van der Waals surface area contributed by atoms with Crippen molar-refractivity contribution in [3.05, 3.63) is 22.6 Å². The van der Waals surface area contributed by atoms with E-state index in [1.807, 2.05) is 0 Å². The van der Waals surface area contributed by atoms with Gasteiger partial charge in [-0.1, -0.05) is 6.92 Å². The Morgan fingerprint density at radius 2 is 2.53 bits per heavy atom. The Hall–Kier alpha value is -1.07. The Balaban J connectivity index is 2.08. The van der Waals surface area contributed by atoms with E-state index in [1.165, 1.54) is 6.07 Å². The van der Waals surface area contributed by atoms with Crippen LogP contribution in [0.1, 0.15) is 19.6 Å². The van der Waals surface area contributed by atoms with Crippen LogP contribution < -0.4 is 10.3 Å². The second-order valence-corrected chi connectivity index (χ2v) is 5.02. The zero-order chi connectivity index (χ0) is 12.0. The fourth-order valence-corrected chi connectivity index (χ4v) is 2.80. The van der Waals surface area contributed by atoms with Gasteiger partial charge in [0.05, 0.1) is 5.88 Å². The lowest BCUT2D eigenvalue weighted by Gasteiger charge is -2.23. The van der Waals surface area contributed by atoms with Crippen LogP contribution in [-0.2, 0) is 4.74 Å². The van der Waals surface area contributed by atoms with Crippen molar-refractivity contribution >= 4 is 11.6 Å². The van der Waals surface area contributed by atoms with Gasteiger partial charge in [0.1, 0.15) is 18.4 Å². The molecule has 3 atom stereocenters. The number of ether oxygens (including phenoxy) is 2. The van der Waals surface area contributed by atoms with Crippen LogP contribution >= 0.6 is 11.6 Å². The van der Waals surface area contributed by atoms with E-state index in [0.29, 0.717) is 24.4 Å². The second-order valence-electron chi connectivity index (χ2n) is 4.75. The Morgan fingerprint density at radius 1 is 1.71 bits per heavy atom. The van der Waals surface area contributed by atoms with E-state index in [0.717, 1.165) is 6.42 Å². The number of halogens is 1. The summed E-state index contributed by atoms with van der Waals surface area (Å²) in [6, 6.07) is 1.73. The first-order valence-electron chi connectivity index (χ1n) is 5.59. The quantitative estimate of drug-likeness (QED) is 0.708. The van der Waals surface area contributed by atoms with Gasteiger partial charge in [-0.15, -0.1) is 11.6 Å². The summed E-state index contributed by atoms with van der Waals surface area (Å²) in [6.07, 6.45) is 2.37. The first kappa shape index (κ1) is 11.0. The standard InChI is InChI=1S/C11H13ClN2O3/c1-7-4-11(5-12)6-16-10-13-8(15)2-3-14(10)9(7)17-11/h2-3,7,9H,4-6H2,1H3/t7-,9+,11+/m0/s1. The van der Waals surface area contributed by atoms with Gasteiger partial charge in [0, 0.05) is 18.2 Å². The summed E-state index contributed by atoms with van der Waals surface area (Å²) in [5.74, 6) is 0.702. The molecule has 3 rings (SSSR count). The Bertz CT molecular complexity index is 504. The number of rotatable bonds is 1. The summed E-state index contributed by atoms with van der Waals surface area (Å²) in [7, 11) is 0. The van der Waals surface area contributed by atoms with Crippen LogP contribution in [0.4, 0.5) is 0 Å². The molecular formula is C11H13ClN2O3. The van der Waals surface area contributed by atoms with E-state index in [2.05, 4.69) is 11.9 Å². The van der Waals surface area contributed by atoms with Crippen LogP contribution in [0, 0.1) is 5.92 Å². The molecule has 0 unspecified atom stereocenters. The van der Waals surface area contributed by atoms with Gasteiger partial charge in [0.2, 0.25) is 0 Å². The highest BCUT2D eigenvalue weighted by Gasteiger charge is 2.48. The number of hydrogen-bond acceptors (Lipinski definition) is 4. The minimum Gasteiger partial charge on any atom is -0.461 e. The predicted molar refractivity (Wildman–Crippen MR) is 61.3 cm³/mol. The minimum atomic E-state index is -0.456. The number of aromatic nitrogens is 2. The fraction of sp³-hybridized carbons (Fsp3) is 0.636. The van der Waals surface area contributed by atoms with Gasteiger partial charge in [-0.2, -0.15) is 4.98 Å². The summed E-state index contributed by atoms with van der Waals surface area (Å²) >= 11 is 5.98. The number of hydrogen-bond donors (Lipinski definition) is 0. The van der Waals surface area contributed by atoms with Crippen molar-refractivity contribution in [2.75, 3.05) is 12.5 Å². The maximum Gasteiger partial charge on any atom is 0.301 e. The summed E-state index contributed by atoms with van der Waals surface area (Å²) in [5.41, 5.74) is -0.760. The van der Waals surface area contributed by atoms with Crippen LogP contribution in [-0.4, -0.2) is 27.6 Å². The molecule has 3 heterocycles. The molecule has 0 aromatic carbocycles. The molecule has 2 aliphatic heterocycles. The molecule has 0 N–H and O–H groups in total. The maximum absolute atomic E-state index is 11.2. The number of fused-ring (bicyclic) bond motifs is 4. The van der Waals surface area contributed by atoms with Crippen LogP contribution in [0.15, 0.2) is 17.1 Å². The molecule has 6 heteroatoms. The highest BCUT2D eigenvalue weighted by atomic mass is 35.5. The molecule has 1 fully saturated rings. The van der Waals surface area contributed by atoms with Crippen molar-refractivity contribution in [1.29, 1.82) is 0 Å². The van der Waals surface area contributed by atoms with Gasteiger partial charge >= 0.3 is 6.01 Å². The second kappa shape index (κ2) is 3.71. The Labute approximate surface area is 103 Å². The van der Waals surface area contributed by atoms with E-state index >= 15 is 0 Å². The van der Waals surface area contributed by atoms with Gasteiger partial charge in [-0.25, -0.2) is 0 Å². The third kappa shape index (κ3) is 1.65. The zero-order valence-corrected chi connectivity index (χ0v) is 10.2. The van der Waals surface area contributed by atoms with Crippen molar-refractivity contribution in [2.24, 2.45) is 5.92 Å². The average molecular weight is 257 g/mol. The molecule has 1 saturated heterocycles. The van der Waals surface area contributed by atoms with Crippen LogP contribution in [0.5, 0.6) is 6.01 Å². The summed E-state index contributed by atoms with van der Waals surface area (Å²) in [5, 5.41) is 0. The van der Waals surface area contributed by atoms with Crippen molar-refractivity contribution in [2.45, 2.75) is 25.2 Å². The summed E-state index contributed by atoms with van der Waals surface area (Å²) in [4.78, 5) is 15.1. The first-order chi connectivity index (χ1) is 8.13. The average Bonchev–Trinajstić information content (AvgIpc) is 2.55. The lowest BCUT2D eigenvalue weighted by molar-refractivity contribution is -0.0654. The molecule has 2 bridgehead atoms. The van der Waals surface area contributed by atoms with Crippen molar-refractivity contribution < 1.29 is 9.47 Å². The fourth-order valence-electron chi connectivity index (χ4n) is 2.55. The Kier molecular flexibility index (Phi) is 2.41. The highest BCUT2D eigenvalue weighted by molar-refractivity contribution is 6.18. The van der Waals surface area contributed by atoms with Crippen LogP contribution in [0.2, 0.25) is 0 Å². The molecule has 0 aliphatic carbocycles. The van der Waals surface area contributed by atoms with Crippen LogP contribution in [0.3, 0.4) is 0 Å². The molecule has 0 radical (unpaired) electrons. The van der Waals surface area contributed by atoms with E-state index in [9.17, 15) is 4.79 Å². The number of alkyl halides is 1. The molecule has 17 heavy (non-hydrogen) atoms. The van der Waals surface area contributed by atoms with Crippen LogP contribution in [0.25, 0.3) is 0 Å². The van der Waals surface area contributed by atoms with E-state index in [4.69, 9.17) is 21.1 Å². The molecule has 1 aromatic rings. The Morgan fingerprint density at radius 3 is 3.29 bits per heavy atom. The normalized spacial score (nSPS) is 34.9. The van der Waals surface area contributed by atoms with Crippen molar-refractivity contribution in [3.8, 4) is 6.01 Å². The van der Waals surface area contributed by atoms with E-state index in [-0.39, 0.29) is 11.8 Å². The SMILES string of the molecule is C[C@H]1C[C@@]2(CCl)COc3nc(=O)ccn3[C@@H]1O2. The molecule has 0 spiro atoms. The van der Waals surface area contributed by atoms with Crippen molar-refractivity contribution in [3.63, 3.8) is 0 Å². The molecule has 0 amide bonds. The third-order valence-electron chi connectivity index (χ3n) is 3.34. The lowest BCUT2D eigenvalue weighted by atomic mass is 9.96. The lowest BCUT2D eigenvalue weighted by Crippen LogP contribution is -2.37. The molecule has 1 aromatic heterocycles.